The van der Waals surface area contributed by atoms with Gasteiger partial charge in [0, 0.05) is 6.54 Å². The third-order valence-corrected chi connectivity index (χ3v) is 3.13. The number of carbonyl (C=O) groups is 1. The van der Waals surface area contributed by atoms with Crippen LogP contribution in [-0.2, 0) is 11.3 Å². The monoisotopic (exact) mass is 267 g/mol. The van der Waals surface area contributed by atoms with E-state index in [-0.39, 0.29) is 12.1 Å². The fourth-order valence-electron chi connectivity index (χ4n) is 2.02. The number of unbranched alkanes of at least 4 members (excludes halogenated alkanes) is 3. The first-order chi connectivity index (χ1) is 9.10. The molecule has 1 aromatic heterocycles. The molecule has 0 radical (unpaired) electrons. The van der Waals surface area contributed by atoms with E-state index in [1.54, 1.807) is 4.68 Å². The molecule has 0 saturated heterocycles. The number of hydrogen-bond donors (Lipinski definition) is 1. The van der Waals surface area contributed by atoms with Gasteiger partial charge in [-0.15, -0.1) is 0 Å². The van der Waals surface area contributed by atoms with Crippen molar-refractivity contribution in [1.82, 2.24) is 9.78 Å². The molecule has 0 aliphatic carbocycles. The van der Waals surface area contributed by atoms with Crippen molar-refractivity contribution in [2.24, 2.45) is 0 Å². The molecule has 2 N–H and O–H groups in total. The van der Waals surface area contributed by atoms with Crippen molar-refractivity contribution < 1.29 is 9.53 Å². The van der Waals surface area contributed by atoms with E-state index in [1.807, 2.05) is 13.8 Å². The molecule has 0 amide bonds. The van der Waals surface area contributed by atoms with E-state index >= 15 is 0 Å². The van der Waals surface area contributed by atoms with Gasteiger partial charge in [0.1, 0.15) is 0 Å². The lowest BCUT2D eigenvalue weighted by Gasteiger charge is -2.14. The van der Waals surface area contributed by atoms with Gasteiger partial charge in [0.25, 0.3) is 0 Å². The number of hydrogen-bond acceptors (Lipinski definition) is 4. The number of aromatic nitrogens is 2. The number of anilines is 1. The summed E-state index contributed by atoms with van der Waals surface area (Å²) < 4.78 is 6.99. The van der Waals surface area contributed by atoms with Gasteiger partial charge in [0.2, 0.25) is 0 Å². The lowest BCUT2D eigenvalue weighted by Crippen LogP contribution is -2.19. The van der Waals surface area contributed by atoms with Crippen molar-refractivity contribution in [2.45, 2.75) is 65.5 Å². The number of aryl methyl sites for hydroxylation is 1. The van der Waals surface area contributed by atoms with Gasteiger partial charge in [0.15, 0.2) is 5.69 Å². The second-order valence-corrected chi connectivity index (χ2v) is 4.83. The van der Waals surface area contributed by atoms with E-state index < -0.39 is 0 Å². The van der Waals surface area contributed by atoms with Crippen LogP contribution >= 0.6 is 0 Å². The van der Waals surface area contributed by atoms with E-state index in [0.717, 1.165) is 12.8 Å². The Labute approximate surface area is 115 Å². The third-order valence-electron chi connectivity index (χ3n) is 3.13. The van der Waals surface area contributed by atoms with Crippen molar-refractivity contribution in [3.8, 4) is 0 Å². The quantitative estimate of drug-likeness (QED) is 0.580. The molecule has 1 aromatic rings. The highest BCUT2D eigenvalue weighted by Crippen LogP contribution is 2.15. The minimum atomic E-state index is -0.375. The van der Waals surface area contributed by atoms with Crippen LogP contribution in [0.4, 0.5) is 5.69 Å². The van der Waals surface area contributed by atoms with Gasteiger partial charge >= 0.3 is 5.97 Å². The summed E-state index contributed by atoms with van der Waals surface area (Å²) in [6.45, 7) is 6.62. The summed E-state index contributed by atoms with van der Waals surface area (Å²) in [5, 5.41) is 4.04. The van der Waals surface area contributed by atoms with E-state index in [0.29, 0.717) is 17.9 Å². The highest BCUT2D eigenvalue weighted by atomic mass is 16.5. The van der Waals surface area contributed by atoms with Crippen LogP contribution in [0.3, 0.4) is 0 Å². The van der Waals surface area contributed by atoms with E-state index in [2.05, 4.69) is 12.0 Å². The molecule has 1 heterocycles. The van der Waals surface area contributed by atoms with Crippen molar-refractivity contribution in [2.75, 3.05) is 5.73 Å². The number of esters is 1. The Morgan fingerprint density at radius 1 is 1.42 bits per heavy atom. The fourth-order valence-corrected chi connectivity index (χ4v) is 2.02. The summed E-state index contributed by atoms with van der Waals surface area (Å²) >= 11 is 0. The van der Waals surface area contributed by atoms with E-state index in [9.17, 15) is 4.79 Å². The van der Waals surface area contributed by atoms with Crippen LogP contribution in [0, 0.1) is 0 Å². The molecule has 0 aliphatic rings. The fraction of sp³-hybridized carbons (Fsp3) is 0.714. The zero-order chi connectivity index (χ0) is 14.3. The molecule has 5 nitrogen and oxygen atoms in total. The van der Waals surface area contributed by atoms with Crippen LogP contribution < -0.4 is 5.73 Å². The van der Waals surface area contributed by atoms with E-state index in [1.165, 1.54) is 25.5 Å². The zero-order valence-corrected chi connectivity index (χ0v) is 12.2. The summed E-state index contributed by atoms with van der Waals surface area (Å²) in [4.78, 5) is 12.0. The van der Waals surface area contributed by atoms with Crippen LogP contribution in [0.15, 0.2) is 6.20 Å². The van der Waals surface area contributed by atoms with Crippen molar-refractivity contribution in [1.29, 1.82) is 0 Å². The van der Waals surface area contributed by atoms with Gasteiger partial charge in [0.05, 0.1) is 18.0 Å². The number of carbonyl (C=O) groups excluding carboxylic acids is 1. The second kappa shape index (κ2) is 7.81. The number of rotatable bonds is 8. The minimum Gasteiger partial charge on any atom is -0.458 e. The molecule has 0 spiro atoms. The van der Waals surface area contributed by atoms with Gasteiger partial charge in [-0.25, -0.2) is 4.79 Å². The molecular formula is C14H25N3O2. The normalized spacial score (nSPS) is 12.4. The zero-order valence-electron chi connectivity index (χ0n) is 12.2. The summed E-state index contributed by atoms with van der Waals surface area (Å²) in [6.07, 6.45) is 7.02. The van der Waals surface area contributed by atoms with E-state index in [4.69, 9.17) is 10.5 Å². The molecule has 5 heteroatoms. The predicted octanol–water partition coefficient (Wildman–Crippen LogP) is 3.00. The summed E-state index contributed by atoms with van der Waals surface area (Å²) in [5.41, 5.74) is 6.49. The summed E-state index contributed by atoms with van der Waals surface area (Å²) in [7, 11) is 0. The Balaban J connectivity index is 2.47. The number of nitrogens with two attached hydrogens (primary N) is 1. The highest BCUT2D eigenvalue weighted by molar-refractivity contribution is 5.93. The third kappa shape index (κ3) is 4.58. The average molecular weight is 267 g/mol. The molecule has 108 valence electrons. The van der Waals surface area contributed by atoms with Gasteiger partial charge in [-0.1, -0.05) is 26.2 Å². The van der Waals surface area contributed by atoms with Crippen molar-refractivity contribution >= 4 is 11.7 Å². The van der Waals surface area contributed by atoms with Crippen LogP contribution in [0.2, 0.25) is 0 Å². The smallest absolute Gasteiger partial charge is 0.359 e. The first-order valence-corrected chi connectivity index (χ1v) is 7.12. The highest BCUT2D eigenvalue weighted by Gasteiger charge is 2.19. The molecular weight excluding hydrogens is 242 g/mol. The molecule has 0 aromatic carbocycles. The Hall–Kier alpha value is -1.52. The maximum Gasteiger partial charge on any atom is 0.359 e. The lowest BCUT2D eigenvalue weighted by atomic mass is 10.1. The van der Waals surface area contributed by atoms with Crippen molar-refractivity contribution in [3.63, 3.8) is 0 Å². The largest absolute Gasteiger partial charge is 0.458 e. The van der Waals surface area contributed by atoms with Crippen LogP contribution in [0.25, 0.3) is 0 Å². The number of nitrogens with zero attached hydrogens (tertiary/aromatic N) is 2. The average Bonchev–Trinajstić information content (AvgIpc) is 2.75. The Kier molecular flexibility index (Phi) is 6.39. The van der Waals surface area contributed by atoms with Gasteiger partial charge in [-0.3, -0.25) is 4.68 Å². The second-order valence-electron chi connectivity index (χ2n) is 4.83. The lowest BCUT2D eigenvalue weighted by molar-refractivity contribution is 0.0306. The Bertz CT molecular complexity index is 401. The van der Waals surface area contributed by atoms with Gasteiger partial charge in [-0.05, 0) is 26.7 Å². The molecule has 19 heavy (non-hydrogen) atoms. The summed E-state index contributed by atoms with van der Waals surface area (Å²) in [6, 6.07) is 0. The number of nitrogen functional groups attached to an aromatic ring is 1. The minimum absolute atomic E-state index is 0.0797. The molecule has 0 saturated carbocycles. The Morgan fingerprint density at radius 2 is 2.16 bits per heavy atom. The molecule has 1 atom stereocenters. The molecule has 0 fully saturated rings. The van der Waals surface area contributed by atoms with Crippen LogP contribution in [-0.4, -0.2) is 21.9 Å². The Morgan fingerprint density at radius 3 is 2.79 bits per heavy atom. The maximum absolute atomic E-state index is 12.0. The maximum atomic E-state index is 12.0. The first-order valence-electron chi connectivity index (χ1n) is 7.12. The molecule has 1 unspecified atom stereocenters. The van der Waals surface area contributed by atoms with Crippen LogP contribution in [0.5, 0.6) is 0 Å². The predicted molar refractivity (Wildman–Crippen MR) is 75.9 cm³/mol. The molecule has 0 aliphatic heterocycles. The van der Waals surface area contributed by atoms with Crippen molar-refractivity contribution in [3.05, 3.63) is 11.9 Å². The SMILES string of the molecule is CCCCCCC(C)OC(=O)c1c(N)cnn1CC. The van der Waals surface area contributed by atoms with Gasteiger partial charge < -0.3 is 10.5 Å². The van der Waals surface area contributed by atoms with Gasteiger partial charge in [-0.2, -0.15) is 5.10 Å². The van der Waals surface area contributed by atoms with Crippen LogP contribution in [0.1, 0.15) is 63.4 Å². The summed E-state index contributed by atoms with van der Waals surface area (Å²) in [5.74, 6) is -0.375. The molecule has 1 rings (SSSR count). The standard InChI is InChI=1S/C14H25N3O2/c1-4-6-7-8-9-11(3)19-14(18)13-12(15)10-16-17(13)5-2/h10-11H,4-9,15H2,1-3H3. The first kappa shape index (κ1) is 15.5. The molecule has 0 bridgehead atoms. The number of ether oxygens (including phenoxy) is 1. The topological polar surface area (TPSA) is 70.1 Å².